The minimum atomic E-state index is 0.0283. The molecule has 2 aromatic rings. The molecule has 13 heavy (non-hydrogen) atoms. The van der Waals surface area contributed by atoms with Crippen molar-refractivity contribution in [1.29, 1.82) is 0 Å². The Bertz CT molecular complexity index is 519. The van der Waals surface area contributed by atoms with Gasteiger partial charge in [0, 0.05) is 14.1 Å². The molecule has 0 saturated carbocycles. The van der Waals surface area contributed by atoms with Crippen LogP contribution in [0.4, 0.5) is 0 Å². The Hall–Kier alpha value is -1.51. The molecular formula is C10H12N2O. The molecule has 0 amide bonds. The first-order valence-electron chi connectivity index (χ1n) is 4.23. The van der Waals surface area contributed by atoms with Crippen molar-refractivity contribution in [2.75, 3.05) is 0 Å². The van der Waals surface area contributed by atoms with Gasteiger partial charge in [0.1, 0.15) is 0 Å². The summed E-state index contributed by atoms with van der Waals surface area (Å²) in [5, 5.41) is 0. The molecule has 0 unspecified atom stereocenters. The zero-order chi connectivity index (χ0) is 9.59. The van der Waals surface area contributed by atoms with Crippen molar-refractivity contribution in [3.05, 3.63) is 34.2 Å². The molecule has 0 fully saturated rings. The van der Waals surface area contributed by atoms with Gasteiger partial charge in [-0.05, 0) is 24.6 Å². The maximum absolute atomic E-state index is 11.5. The molecule has 0 spiro atoms. The van der Waals surface area contributed by atoms with E-state index >= 15 is 0 Å². The van der Waals surface area contributed by atoms with Gasteiger partial charge < -0.3 is 0 Å². The van der Waals surface area contributed by atoms with E-state index in [0.717, 1.165) is 11.0 Å². The Balaban J connectivity index is 3.04. The highest BCUT2D eigenvalue weighted by Gasteiger charge is 2.05. The van der Waals surface area contributed by atoms with Crippen LogP contribution in [0.5, 0.6) is 0 Å². The fourth-order valence-electron chi connectivity index (χ4n) is 1.62. The first-order valence-corrected chi connectivity index (χ1v) is 4.23. The van der Waals surface area contributed by atoms with E-state index in [-0.39, 0.29) is 5.69 Å². The number of benzene rings is 1. The van der Waals surface area contributed by atoms with Crippen molar-refractivity contribution in [1.82, 2.24) is 9.13 Å². The highest BCUT2D eigenvalue weighted by atomic mass is 16.1. The molecule has 1 heterocycles. The highest BCUT2D eigenvalue weighted by Crippen LogP contribution is 2.12. The van der Waals surface area contributed by atoms with Crippen LogP contribution in [0.3, 0.4) is 0 Å². The van der Waals surface area contributed by atoms with Gasteiger partial charge in [-0.25, -0.2) is 4.79 Å². The zero-order valence-electron chi connectivity index (χ0n) is 8.03. The molecule has 0 saturated heterocycles. The largest absolute Gasteiger partial charge is 0.328 e. The minimum Gasteiger partial charge on any atom is -0.295 e. The molecule has 3 heteroatoms. The number of rotatable bonds is 0. The van der Waals surface area contributed by atoms with Crippen molar-refractivity contribution in [3.8, 4) is 0 Å². The Morgan fingerprint density at radius 3 is 2.38 bits per heavy atom. The standard InChI is InChI=1S/C10H12N2O/c1-7-4-5-8-9(6-7)12(3)10(13)11(8)2/h4-6H,1-3H3. The number of hydrogen-bond donors (Lipinski definition) is 0. The van der Waals surface area contributed by atoms with Crippen LogP contribution >= 0.6 is 0 Å². The third-order valence-electron chi connectivity index (χ3n) is 2.43. The lowest BCUT2D eigenvalue weighted by atomic mass is 10.2. The van der Waals surface area contributed by atoms with Gasteiger partial charge in [0.2, 0.25) is 0 Å². The van der Waals surface area contributed by atoms with Crippen molar-refractivity contribution in [2.24, 2.45) is 14.1 Å². The van der Waals surface area contributed by atoms with Gasteiger partial charge in [-0.1, -0.05) is 6.07 Å². The summed E-state index contributed by atoms with van der Waals surface area (Å²) in [6, 6.07) is 6.02. The van der Waals surface area contributed by atoms with Crippen LogP contribution in [0.15, 0.2) is 23.0 Å². The summed E-state index contributed by atoms with van der Waals surface area (Å²) in [6.07, 6.45) is 0. The number of aromatic nitrogens is 2. The number of aryl methyl sites for hydroxylation is 3. The predicted octanol–water partition coefficient (Wildman–Crippen LogP) is 1.19. The third-order valence-corrected chi connectivity index (χ3v) is 2.43. The average molecular weight is 176 g/mol. The Morgan fingerprint density at radius 1 is 1.08 bits per heavy atom. The van der Waals surface area contributed by atoms with Gasteiger partial charge in [0.15, 0.2) is 0 Å². The second-order valence-electron chi connectivity index (χ2n) is 3.39. The van der Waals surface area contributed by atoms with Crippen LogP contribution < -0.4 is 5.69 Å². The molecule has 2 rings (SSSR count). The van der Waals surface area contributed by atoms with Crippen LogP contribution in [-0.2, 0) is 14.1 Å². The lowest BCUT2D eigenvalue weighted by molar-refractivity contribution is 0.795. The van der Waals surface area contributed by atoms with Crippen LogP contribution in [0.2, 0.25) is 0 Å². The summed E-state index contributed by atoms with van der Waals surface area (Å²) in [4.78, 5) is 11.5. The Kier molecular flexibility index (Phi) is 1.55. The van der Waals surface area contributed by atoms with Gasteiger partial charge in [-0.15, -0.1) is 0 Å². The zero-order valence-corrected chi connectivity index (χ0v) is 8.03. The second kappa shape index (κ2) is 2.49. The number of nitrogens with zero attached hydrogens (tertiary/aromatic N) is 2. The van der Waals surface area contributed by atoms with Crippen molar-refractivity contribution in [2.45, 2.75) is 6.92 Å². The average Bonchev–Trinajstić information content (AvgIpc) is 2.32. The molecule has 0 aliphatic carbocycles. The number of imidazole rings is 1. The van der Waals surface area contributed by atoms with E-state index in [4.69, 9.17) is 0 Å². The quantitative estimate of drug-likeness (QED) is 0.592. The molecule has 68 valence electrons. The Labute approximate surface area is 76.2 Å². The fraction of sp³-hybridized carbons (Fsp3) is 0.300. The molecule has 1 aromatic heterocycles. The van der Waals surface area contributed by atoms with Crippen LogP contribution in [0.25, 0.3) is 11.0 Å². The van der Waals surface area contributed by atoms with Gasteiger partial charge in [0.05, 0.1) is 11.0 Å². The highest BCUT2D eigenvalue weighted by molar-refractivity contribution is 5.76. The molecule has 0 bridgehead atoms. The minimum absolute atomic E-state index is 0.0283. The normalized spacial score (nSPS) is 11.0. The summed E-state index contributed by atoms with van der Waals surface area (Å²) < 4.78 is 3.33. The predicted molar refractivity (Wildman–Crippen MR) is 52.9 cm³/mol. The van der Waals surface area contributed by atoms with Gasteiger partial charge in [-0.2, -0.15) is 0 Å². The summed E-state index contributed by atoms with van der Waals surface area (Å²) in [7, 11) is 3.59. The van der Waals surface area contributed by atoms with Crippen molar-refractivity contribution < 1.29 is 0 Å². The molecule has 0 atom stereocenters. The number of fused-ring (bicyclic) bond motifs is 1. The van der Waals surface area contributed by atoms with Crippen LogP contribution in [-0.4, -0.2) is 9.13 Å². The van der Waals surface area contributed by atoms with E-state index in [0.29, 0.717) is 0 Å². The van der Waals surface area contributed by atoms with Gasteiger partial charge in [-0.3, -0.25) is 9.13 Å². The first kappa shape index (κ1) is 8.10. The summed E-state index contributed by atoms with van der Waals surface area (Å²) in [6.45, 7) is 2.02. The molecule has 1 aromatic carbocycles. The van der Waals surface area contributed by atoms with Crippen LogP contribution in [0.1, 0.15) is 5.56 Å². The topological polar surface area (TPSA) is 26.9 Å². The maximum Gasteiger partial charge on any atom is 0.328 e. The van der Waals surface area contributed by atoms with E-state index < -0.39 is 0 Å². The second-order valence-corrected chi connectivity index (χ2v) is 3.39. The van der Waals surface area contributed by atoms with Crippen molar-refractivity contribution >= 4 is 11.0 Å². The van der Waals surface area contributed by atoms with E-state index in [1.165, 1.54) is 5.56 Å². The van der Waals surface area contributed by atoms with Crippen molar-refractivity contribution in [3.63, 3.8) is 0 Å². The van der Waals surface area contributed by atoms with E-state index in [1.54, 1.807) is 23.2 Å². The van der Waals surface area contributed by atoms with E-state index in [9.17, 15) is 4.79 Å². The van der Waals surface area contributed by atoms with Crippen LogP contribution in [0, 0.1) is 6.92 Å². The lowest BCUT2D eigenvalue weighted by Crippen LogP contribution is -2.19. The fourth-order valence-corrected chi connectivity index (χ4v) is 1.62. The monoisotopic (exact) mass is 176 g/mol. The van der Waals surface area contributed by atoms with E-state index in [2.05, 4.69) is 0 Å². The van der Waals surface area contributed by atoms with Gasteiger partial charge >= 0.3 is 5.69 Å². The maximum atomic E-state index is 11.5. The summed E-state index contributed by atoms with van der Waals surface area (Å²) in [5.41, 5.74) is 3.18. The molecule has 0 aliphatic heterocycles. The molecule has 3 nitrogen and oxygen atoms in total. The molecular weight excluding hydrogens is 164 g/mol. The Morgan fingerprint density at radius 2 is 1.69 bits per heavy atom. The molecule has 0 aliphatic rings. The third kappa shape index (κ3) is 1.00. The lowest BCUT2D eigenvalue weighted by Gasteiger charge is -1.95. The van der Waals surface area contributed by atoms with Gasteiger partial charge in [0.25, 0.3) is 0 Å². The molecule has 0 radical (unpaired) electrons. The SMILES string of the molecule is Cc1ccc2c(c1)n(C)c(=O)n2C. The molecule has 0 N–H and O–H groups in total. The smallest absolute Gasteiger partial charge is 0.295 e. The summed E-state index contributed by atoms with van der Waals surface area (Å²) in [5.74, 6) is 0. The number of hydrogen-bond acceptors (Lipinski definition) is 1. The summed E-state index contributed by atoms with van der Waals surface area (Å²) >= 11 is 0. The van der Waals surface area contributed by atoms with E-state index in [1.807, 2.05) is 25.1 Å². The first-order chi connectivity index (χ1) is 6.11.